The number of benzene rings is 3. The Labute approximate surface area is 220 Å². The summed E-state index contributed by atoms with van der Waals surface area (Å²) >= 11 is 0. The Balaban J connectivity index is 1.53. The molecule has 0 saturated carbocycles. The largest absolute Gasteiger partial charge is 0.296 e. The van der Waals surface area contributed by atoms with Crippen LogP contribution in [0.25, 0.3) is 16.6 Å². The van der Waals surface area contributed by atoms with Gasteiger partial charge in [0.15, 0.2) is 0 Å². The minimum atomic E-state index is -1.11. The molecule has 4 aromatic rings. The van der Waals surface area contributed by atoms with Crippen LogP contribution in [0, 0.1) is 31.6 Å². The minimum absolute atomic E-state index is 0.0612. The summed E-state index contributed by atoms with van der Waals surface area (Å²) in [5, 5.41) is 4.26. The van der Waals surface area contributed by atoms with Crippen molar-refractivity contribution < 1.29 is 9.59 Å². The lowest BCUT2D eigenvalue weighted by Gasteiger charge is -2.32. The number of carbonyl (C=O) groups excluding carboxylic acids is 2. The maximum absolute atomic E-state index is 14.5. The number of nitrogens with one attached hydrogen (secondary N) is 1. The summed E-state index contributed by atoms with van der Waals surface area (Å²) in [6.07, 6.45) is 0. The maximum Gasteiger partial charge on any atom is 0.266 e. The number of amides is 2. The molecule has 0 aliphatic carbocycles. The van der Waals surface area contributed by atoms with E-state index in [1.807, 2.05) is 74.5 Å². The standard InChI is InChI=1S/C31H28N4O3/c1-16(2)26-24-25(29(38)34(28(24)37)22-14-13-17(3)15-18(22)4)31(33-26)20-10-6-8-12-23(20)35-27(36)19-9-5-7-11-21(19)32-30(31)35/h5-16,24-26,33H,1-4H3/t24-,25-,26+,31+/m1/s1. The first-order chi connectivity index (χ1) is 18.3. The second-order valence-electron chi connectivity index (χ2n) is 11.1. The number of carbonyl (C=O) groups is 2. The average molecular weight is 505 g/mol. The van der Waals surface area contributed by atoms with Crippen LogP contribution in [0.5, 0.6) is 0 Å². The fraction of sp³-hybridized carbons (Fsp3) is 0.290. The number of rotatable bonds is 2. The van der Waals surface area contributed by atoms with Gasteiger partial charge in [0, 0.05) is 11.6 Å². The van der Waals surface area contributed by atoms with Crippen LogP contribution in [0.15, 0.2) is 71.5 Å². The van der Waals surface area contributed by atoms with Crippen molar-refractivity contribution in [1.29, 1.82) is 0 Å². The molecule has 7 nitrogen and oxygen atoms in total. The van der Waals surface area contributed by atoms with Crippen molar-refractivity contribution in [2.24, 2.45) is 17.8 Å². The van der Waals surface area contributed by atoms with Crippen molar-refractivity contribution in [2.75, 3.05) is 4.90 Å². The Morgan fingerprint density at radius 2 is 1.63 bits per heavy atom. The fourth-order valence-corrected chi connectivity index (χ4v) is 7.02. The second-order valence-corrected chi connectivity index (χ2v) is 11.1. The van der Waals surface area contributed by atoms with Crippen LogP contribution in [0.1, 0.15) is 36.4 Å². The van der Waals surface area contributed by atoms with Gasteiger partial charge >= 0.3 is 0 Å². The summed E-state index contributed by atoms with van der Waals surface area (Å²) in [6.45, 7) is 8.05. The summed E-state index contributed by atoms with van der Waals surface area (Å²) < 4.78 is 1.64. The molecule has 38 heavy (non-hydrogen) atoms. The topological polar surface area (TPSA) is 84.3 Å². The predicted octanol–water partition coefficient (Wildman–Crippen LogP) is 3.99. The van der Waals surface area contributed by atoms with Crippen LogP contribution in [-0.2, 0) is 15.1 Å². The number of anilines is 1. The van der Waals surface area contributed by atoms with Crippen LogP contribution in [-0.4, -0.2) is 27.4 Å². The van der Waals surface area contributed by atoms with Gasteiger partial charge in [0.2, 0.25) is 11.8 Å². The van der Waals surface area contributed by atoms with Crippen molar-refractivity contribution in [1.82, 2.24) is 14.9 Å². The highest BCUT2D eigenvalue weighted by molar-refractivity contribution is 6.23. The fourth-order valence-electron chi connectivity index (χ4n) is 7.02. The predicted molar refractivity (Wildman–Crippen MR) is 145 cm³/mol. The molecule has 2 amide bonds. The summed E-state index contributed by atoms with van der Waals surface area (Å²) in [5.41, 5.74) is 3.36. The highest BCUT2D eigenvalue weighted by atomic mass is 16.2. The zero-order valence-corrected chi connectivity index (χ0v) is 21.7. The van der Waals surface area contributed by atoms with Crippen molar-refractivity contribution in [3.05, 3.63) is 99.6 Å². The minimum Gasteiger partial charge on any atom is -0.296 e. The van der Waals surface area contributed by atoms with Gasteiger partial charge in [-0.2, -0.15) is 0 Å². The molecule has 4 heterocycles. The number of fused-ring (bicyclic) bond motifs is 8. The number of aromatic nitrogens is 2. The molecule has 190 valence electrons. The zero-order chi connectivity index (χ0) is 26.5. The lowest BCUT2D eigenvalue weighted by Crippen LogP contribution is -2.51. The van der Waals surface area contributed by atoms with E-state index in [0.29, 0.717) is 28.1 Å². The number of para-hydroxylation sites is 2. The highest BCUT2D eigenvalue weighted by Crippen LogP contribution is 2.56. The Kier molecular flexibility index (Phi) is 4.68. The molecule has 0 unspecified atom stereocenters. The van der Waals surface area contributed by atoms with Gasteiger partial charge in [-0.3, -0.25) is 24.3 Å². The van der Waals surface area contributed by atoms with Crippen molar-refractivity contribution >= 4 is 28.4 Å². The third kappa shape index (κ3) is 2.72. The van der Waals surface area contributed by atoms with E-state index in [1.54, 1.807) is 10.6 Å². The Hall–Kier alpha value is -4.10. The summed E-state index contributed by atoms with van der Waals surface area (Å²) in [7, 11) is 0. The van der Waals surface area contributed by atoms with Gasteiger partial charge in [-0.15, -0.1) is 0 Å². The normalized spacial score (nSPS) is 25.5. The van der Waals surface area contributed by atoms with E-state index >= 15 is 0 Å². The van der Waals surface area contributed by atoms with Gasteiger partial charge in [-0.1, -0.05) is 61.9 Å². The molecular formula is C31H28N4O3. The molecule has 3 aliphatic heterocycles. The Bertz CT molecular complexity index is 1760. The lowest BCUT2D eigenvalue weighted by molar-refractivity contribution is -0.123. The molecule has 0 radical (unpaired) electrons. The van der Waals surface area contributed by atoms with Gasteiger partial charge in [0.05, 0.1) is 34.1 Å². The van der Waals surface area contributed by atoms with E-state index in [-0.39, 0.29) is 29.3 Å². The van der Waals surface area contributed by atoms with Crippen molar-refractivity contribution in [3.63, 3.8) is 0 Å². The smallest absolute Gasteiger partial charge is 0.266 e. The molecule has 3 aliphatic rings. The monoisotopic (exact) mass is 504 g/mol. The molecule has 2 saturated heterocycles. The van der Waals surface area contributed by atoms with Crippen molar-refractivity contribution in [3.8, 4) is 5.69 Å². The van der Waals surface area contributed by atoms with Gasteiger partial charge in [-0.25, -0.2) is 9.88 Å². The quantitative estimate of drug-likeness (QED) is 0.418. The van der Waals surface area contributed by atoms with Crippen LogP contribution in [0.3, 0.4) is 0 Å². The molecule has 2 fully saturated rings. The van der Waals surface area contributed by atoms with E-state index in [9.17, 15) is 14.4 Å². The van der Waals surface area contributed by atoms with Crippen LogP contribution < -0.4 is 15.8 Å². The maximum atomic E-state index is 14.5. The molecule has 1 aromatic heterocycles. The van der Waals surface area contributed by atoms with E-state index in [2.05, 4.69) is 19.2 Å². The first-order valence-corrected chi connectivity index (χ1v) is 13.1. The third-order valence-electron chi connectivity index (χ3n) is 8.61. The first kappa shape index (κ1) is 23.0. The molecule has 4 atom stereocenters. The zero-order valence-electron chi connectivity index (χ0n) is 21.7. The Morgan fingerprint density at radius 3 is 2.39 bits per heavy atom. The third-order valence-corrected chi connectivity index (χ3v) is 8.61. The van der Waals surface area contributed by atoms with Gasteiger partial charge in [-0.05, 0) is 49.6 Å². The van der Waals surface area contributed by atoms with Crippen LogP contribution in [0.4, 0.5) is 5.69 Å². The first-order valence-electron chi connectivity index (χ1n) is 13.1. The van der Waals surface area contributed by atoms with Crippen molar-refractivity contribution in [2.45, 2.75) is 39.3 Å². The molecule has 3 aromatic carbocycles. The van der Waals surface area contributed by atoms with E-state index in [0.717, 1.165) is 16.7 Å². The van der Waals surface area contributed by atoms with E-state index < -0.39 is 17.4 Å². The number of hydrogen-bond donors (Lipinski definition) is 1. The molecule has 7 rings (SSSR count). The Morgan fingerprint density at radius 1 is 0.895 bits per heavy atom. The molecule has 0 bridgehead atoms. The summed E-state index contributed by atoms with van der Waals surface area (Å²) in [5.74, 6) is -1.25. The summed E-state index contributed by atoms with van der Waals surface area (Å²) in [6, 6.07) is 20.4. The number of hydrogen-bond acceptors (Lipinski definition) is 5. The number of nitrogens with zero attached hydrogens (tertiary/aromatic N) is 3. The molecule has 7 heteroatoms. The van der Waals surface area contributed by atoms with Gasteiger partial charge in [0.25, 0.3) is 5.56 Å². The molecule has 1 spiro atoms. The summed E-state index contributed by atoms with van der Waals surface area (Å²) in [4.78, 5) is 48.9. The number of aryl methyl sites for hydroxylation is 2. The van der Waals surface area contributed by atoms with Crippen LogP contribution in [0.2, 0.25) is 0 Å². The molecular weight excluding hydrogens is 476 g/mol. The molecule has 1 N–H and O–H groups in total. The second kappa shape index (κ2) is 7.71. The SMILES string of the molecule is Cc1ccc(N2C(=O)[C@H]3[C@H](C(C)C)N[C@@]4(c5ccccc5-n5c4nc4ccccc4c5=O)[C@H]3C2=O)c(C)c1. The lowest BCUT2D eigenvalue weighted by atomic mass is 9.75. The van der Waals surface area contributed by atoms with E-state index in [4.69, 9.17) is 4.98 Å². The average Bonchev–Trinajstić information content (AvgIpc) is 3.49. The van der Waals surface area contributed by atoms with Crippen LogP contribution >= 0.6 is 0 Å². The number of imide groups is 1. The van der Waals surface area contributed by atoms with Gasteiger partial charge in [0.1, 0.15) is 11.4 Å². The highest BCUT2D eigenvalue weighted by Gasteiger charge is 2.70. The van der Waals surface area contributed by atoms with Gasteiger partial charge < -0.3 is 0 Å². The van der Waals surface area contributed by atoms with E-state index in [1.165, 1.54) is 4.90 Å².